The summed E-state index contributed by atoms with van der Waals surface area (Å²) in [6, 6.07) is 11.5. The van der Waals surface area contributed by atoms with Crippen molar-refractivity contribution in [3.8, 4) is 11.5 Å². The number of carbonyl (C=O) groups excluding carboxylic acids is 3. The van der Waals surface area contributed by atoms with Crippen molar-refractivity contribution in [2.24, 2.45) is 7.05 Å². The monoisotopic (exact) mass is 405 g/mol. The van der Waals surface area contributed by atoms with E-state index < -0.39 is 17.8 Å². The number of aryl methyl sites for hydroxylation is 1. The summed E-state index contributed by atoms with van der Waals surface area (Å²) in [5.41, 5.74) is 1.67. The van der Waals surface area contributed by atoms with Crippen molar-refractivity contribution >= 4 is 40.5 Å². The highest BCUT2D eigenvalue weighted by molar-refractivity contribution is 6.39. The number of methoxy groups -OCH3 is 2. The second kappa shape index (κ2) is 7.40. The van der Waals surface area contributed by atoms with Crippen LogP contribution in [-0.4, -0.2) is 36.6 Å². The number of urea groups is 1. The number of imide groups is 2. The minimum atomic E-state index is -0.855. The molecule has 8 heteroatoms. The molecule has 2 aromatic carbocycles. The molecule has 2 heterocycles. The lowest BCUT2D eigenvalue weighted by molar-refractivity contribution is -0.122. The van der Waals surface area contributed by atoms with Crippen LogP contribution >= 0.6 is 0 Å². The highest BCUT2D eigenvalue weighted by Gasteiger charge is 2.38. The molecule has 1 aliphatic heterocycles. The van der Waals surface area contributed by atoms with Gasteiger partial charge in [0.15, 0.2) is 0 Å². The van der Waals surface area contributed by atoms with Crippen molar-refractivity contribution in [3.05, 3.63) is 59.8 Å². The molecule has 8 nitrogen and oxygen atoms in total. The maximum absolute atomic E-state index is 13.2. The van der Waals surface area contributed by atoms with Crippen molar-refractivity contribution in [2.75, 3.05) is 19.1 Å². The molecule has 30 heavy (non-hydrogen) atoms. The van der Waals surface area contributed by atoms with E-state index in [1.54, 1.807) is 12.1 Å². The average molecular weight is 405 g/mol. The zero-order valence-corrected chi connectivity index (χ0v) is 16.6. The Kier molecular flexibility index (Phi) is 4.75. The first-order chi connectivity index (χ1) is 14.4. The van der Waals surface area contributed by atoms with Crippen molar-refractivity contribution in [3.63, 3.8) is 0 Å². The molecule has 1 fully saturated rings. The van der Waals surface area contributed by atoms with Gasteiger partial charge in [-0.15, -0.1) is 0 Å². The van der Waals surface area contributed by atoms with Gasteiger partial charge in [-0.3, -0.25) is 14.9 Å². The van der Waals surface area contributed by atoms with Crippen LogP contribution in [0.2, 0.25) is 0 Å². The lowest BCUT2D eigenvalue weighted by atomic mass is 10.1. The summed E-state index contributed by atoms with van der Waals surface area (Å²) in [4.78, 5) is 39.2. The summed E-state index contributed by atoms with van der Waals surface area (Å²) in [5.74, 6) is -0.777. The van der Waals surface area contributed by atoms with E-state index in [1.165, 1.54) is 26.4 Å². The van der Waals surface area contributed by atoms with Gasteiger partial charge >= 0.3 is 6.03 Å². The molecule has 0 radical (unpaired) electrons. The Bertz CT molecular complexity index is 1220. The molecule has 0 spiro atoms. The molecule has 0 unspecified atom stereocenters. The first-order valence-electron chi connectivity index (χ1n) is 9.12. The zero-order chi connectivity index (χ0) is 21.4. The fraction of sp³-hybridized carbons (Fsp3) is 0.136. The van der Waals surface area contributed by atoms with E-state index in [1.807, 2.05) is 42.1 Å². The summed E-state index contributed by atoms with van der Waals surface area (Å²) in [5, 5.41) is 3.11. The number of ether oxygens (including phenoxy) is 2. The van der Waals surface area contributed by atoms with Crippen molar-refractivity contribution < 1.29 is 23.9 Å². The Morgan fingerprint density at radius 3 is 2.50 bits per heavy atom. The van der Waals surface area contributed by atoms with E-state index in [9.17, 15) is 14.4 Å². The van der Waals surface area contributed by atoms with Crippen LogP contribution < -0.4 is 19.7 Å². The van der Waals surface area contributed by atoms with Gasteiger partial charge in [0.1, 0.15) is 17.1 Å². The molecular weight excluding hydrogens is 386 g/mol. The molecule has 0 aliphatic carbocycles. The summed E-state index contributed by atoms with van der Waals surface area (Å²) < 4.78 is 12.4. The smallest absolute Gasteiger partial charge is 0.336 e. The van der Waals surface area contributed by atoms with Crippen LogP contribution in [0.25, 0.3) is 17.0 Å². The van der Waals surface area contributed by atoms with Gasteiger partial charge < -0.3 is 14.0 Å². The van der Waals surface area contributed by atoms with E-state index in [0.717, 1.165) is 15.8 Å². The van der Waals surface area contributed by atoms with Crippen molar-refractivity contribution in [2.45, 2.75) is 0 Å². The van der Waals surface area contributed by atoms with Crippen molar-refractivity contribution in [1.29, 1.82) is 0 Å². The third-order valence-corrected chi connectivity index (χ3v) is 4.96. The molecule has 1 saturated heterocycles. The van der Waals surface area contributed by atoms with E-state index in [4.69, 9.17) is 9.47 Å². The fourth-order valence-electron chi connectivity index (χ4n) is 3.49. The van der Waals surface area contributed by atoms with E-state index >= 15 is 0 Å². The molecule has 0 atom stereocenters. The number of carbonyl (C=O) groups is 3. The molecular formula is C22H19N3O5. The number of rotatable bonds is 4. The van der Waals surface area contributed by atoms with Gasteiger partial charge in [-0.1, -0.05) is 18.2 Å². The lowest BCUT2D eigenvalue weighted by Gasteiger charge is -2.27. The molecule has 0 saturated carbocycles. The third-order valence-electron chi connectivity index (χ3n) is 4.96. The van der Waals surface area contributed by atoms with Crippen LogP contribution in [0.15, 0.2) is 54.2 Å². The van der Waals surface area contributed by atoms with Crippen LogP contribution in [-0.2, 0) is 16.6 Å². The number of amides is 4. The number of hydrogen-bond acceptors (Lipinski definition) is 5. The Hall–Kier alpha value is -4.07. The molecule has 1 N–H and O–H groups in total. The maximum atomic E-state index is 13.2. The highest BCUT2D eigenvalue weighted by Crippen LogP contribution is 2.34. The number of aromatic nitrogens is 1. The first kappa shape index (κ1) is 19.3. The number of barbiturate groups is 1. The molecule has 152 valence electrons. The van der Waals surface area contributed by atoms with Gasteiger partial charge in [-0.25, -0.2) is 9.69 Å². The zero-order valence-electron chi connectivity index (χ0n) is 16.6. The minimum Gasteiger partial charge on any atom is -0.497 e. The minimum absolute atomic E-state index is 0.157. The molecule has 1 aliphatic rings. The summed E-state index contributed by atoms with van der Waals surface area (Å²) >= 11 is 0. The summed E-state index contributed by atoms with van der Waals surface area (Å²) in [6.07, 6.45) is 3.32. The van der Waals surface area contributed by atoms with Gasteiger partial charge in [0.25, 0.3) is 11.8 Å². The average Bonchev–Trinajstić information content (AvgIpc) is 3.06. The fourth-order valence-corrected chi connectivity index (χ4v) is 3.49. The van der Waals surface area contributed by atoms with Gasteiger partial charge in [0.05, 0.1) is 19.9 Å². The van der Waals surface area contributed by atoms with Crippen LogP contribution in [0.1, 0.15) is 5.56 Å². The SMILES string of the molecule is COc1ccc(OC)c(N2C(=O)NC(=O)/C(=C\c3cn(C)c4ccccc34)C2=O)c1. The predicted octanol–water partition coefficient (Wildman–Crippen LogP) is 2.86. The first-order valence-corrected chi connectivity index (χ1v) is 9.12. The molecule has 4 rings (SSSR count). The van der Waals surface area contributed by atoms with Gasteiger partial charge in [0.2, 0.25) is 0 Å². The number of nitrogens with zero attached hydrogens (tertiary/aromatic N) is 2. The van der Waals surface area contributed by atoms with Crippen LogP contribution in [0.5, 0.6) is 11.5 Å². The second-order valence-corrected chi connectivity index (χ2v) is 6.71. The number of anilines is 1. The van der Waals surface area contributed by atoms with Gasteiger partial charge in [0, 0.05) is 35.8 Å². The Balaban J connectivity index is 1.83. The van der Waals surface area contributed by atoms with Crippen molar-refractivity contribution in [1.82, 2.24) is 9.88 Å². The van der Waals surface area contributed by atoms with Crippen LogP contribution in [0.3, 0.4) is 0 Å². The van der Waals surface area contributed by atoms with E-state index in [-0.39, 0.29) is 17.0 Å². The number of para-hydroxylation sites is 1. The molecule has 4 amide bonds. The van der Waals surface area contributed by atoms with Gasteiger partial charge in [-0.05, 0) is 24.3 Å². The second-order valence-electron chi connectivity index (χ2n) is 6.71. The van der Waals surface area contributed by atoms with Gasteiger partial charge in [-0.2, -0.15) is 0 Å². The quantitative estimate of drug-likeness (QED) is 0.533. The largest absolute Gasteiger partial charge is 0.497 e. The summed E-state index contributed by atoms with van der Waals surface area (Å²) in [6.45, 7) is 0. The standard InChI is InChI=1S/C22H19N3O5/c1-24-12-13(15-6-4-5-7-17(15)24)10-16-20(26)23-22(28)25(21(16)27)18-11-14(29-2)8-9-19(18)30-3/h4-12H,1-3H3,(H,23,26,28)/b16-10+. The molecule has 1 aromatic heterocycles. The Labute approximate surface area is 172 Å². The molecule has 3 aromatic rings. The van der Waals surface area contributed by atoms with Crippen LogP contribution in [0, 0.1) is 0 Å². The number of nitrogens with one attached hydrogen (secondary N) is 1. The van der Waals surface area contributed by atoms with Crippen LogP contribution in [0.4, 0.5) is 10.5 Å². The number of fused-ring (bicyclic) bond motifs is 1. The lowest BCUT2D eigenvalue weighted by Crippen LogP contribution is -2.54. The summed E-state index contributed by atoms with van der Waals surface area (Å²) in [7, 11) is 4.78. The number of hydrogen-bond donors (Lipinski definition) is 1. The Morgan fingerprint density at radius 2 is 1.77 bits per heavy atom. The normalized spacial score (nSPS) is 15.6. The predicted molar refractivity (Wildman–Crippen MR) is 111 cm³/mol. The van der Waals surface area contributed by atoms with E-state index in [2.05, 4.69) is 5.32 Å². The Morgan fingerprint density at radius 1 is 1.00 bits per heavy atom. The molecule has 0 bridgehead atoms. The highest BCUT2D eigenvalue weighted by atomic mass is 16.5. The maximum Gasteiger partial charge on any atom is 0.336 e. The third kappa shape index (κ3) is 3.08. The topological polar surface area (TPSA) is 89.9 Å². The number of benzene rings is 2. The van der Waals surface area contributed by atoms with E-state index in [0.29, 0.717) is 11.3 Å².